The molecule has 2 amide bonds. The van der Waals surface area contributed by atoms with Gasteiger partial charge < -0.3 is 4.42 Å². The minimum atomic E-state index is -0.530. The Balaban J connectivity index is 2.65. The summed E-state index contributed by atoms with van der Waals surface area (Å²) in [6.07, 6.45) is 1.51. The average molecular weight is 169 g/mol. The first kappa shape index (κ1) is 8.25. The lowest BCUT2D eigenvalue weighted by molar-refractivity contribution is -0.110. The van der Waals surface area contributed by atoms with Gasteiger partial charge in [0.25, 0.3) is 0 Å². The van der Waals surface area contributed by atoms with Crippen molar-refractivity contribution in [1.29, 1.82) is 0 Å². The van der Waals surface area contributed by atoms with Gasteiger partial charge >= 0.3 is 5.91 Å². The number of aromatic nitrogens is 1. The van der Waals surface area contributed by atoms with Gasteiger partial charge in [0, 0.05) is 0 Å². The summed E-state index contributed by atoms with van der Waals surface area (Å²) in [5.41, 5.74) is 4.55. The van der Waals surface area contributed by atoms with Gasteiger partial charge in [-0.05, 0) is 6.92 Å². The van der Waals surface area contributed by atoms with Gasteiger partial charge in [0.05, 0.1) is 5.69 Å². The zero-order valence-corrected chi connectivity index (χ0v) is 6.33. The molecule has 0 radical (unpaired) electrons. The van der Waals surface area contributed by atoms with Crippen LogP contribution in [0.4, 0.5) is 0 Å². The SMILES string of the molecule is Cc1ncoc1C(=O)NNC=O. The number of carbonyl (C=O) groups is 2. The third-order valence-electron chi connectivity index (χ3n) is 1.20. The summed E-state index contributed by atoms with van der Waals surface area (Å²) in [5, 5.41) is 0. The molecule has 0 fully saturated rings. The van der Waals surface area contributed by atoms with Crippen molar-refractivity contribution in [2.45, 2.75) is 6.92 Å². The van der Waals surface area contributed by atoms with Crippen LogP contribution in [0, 0.1) is 6.92 Å². The van der Waals surface area contributed by atoms with E-state index >= 15 is 0 Å². The van der Waals surface area contributed by atoms with Gasteiger partial charge in [-0.2, -0.15) is 0 Å². The highest BCUT2D eigenvalue weighted by Gasteiger charge is 2.12. The maximum atomic E-state index is 11.0. The third-order valence-corrected chi connectivity index (χ3v) is 1.20. The molecule has 0 atom stereocenters. The number of hydrogen-bond acceptors (Lipinski definition) is 4. The number of carbonyl (C=O) groups excluding carboxylic acids is 2. The van der Waals surface area contributed by atoms with Gasteiger partial charge in [-0.1, -0.05) is 0 Å². The second-order valence-corrected chi connectivity index (χ2v) is 1.98. The fourth-order valence-corrected chi connectivity index (χ4v) is 0.672. The summed E-state index contributed by atoms with van der Waals surface area (Å²) in [6, 6.07) is 0. The fourth-order valence-electron chi connectivity index (χ4n) is 0.672. The molecule has 0 unspecified atom stereocenters. The molecule has 1 aromatic heterocycles. The molecule has 0 saturated carbocycles. The van der Waals surface area contributed by atoms with E-state index in [-0.39, 0.29) is 5.76 Å². The molecular formula is C6H7N3O3. The lowest BCUT2D eigenvalue weighted by Crippen LogP contribution is -2.36. The third kappa shape index (κ3) is 1.60. The Hall–Kier alpha value is -1.85. The van der Waals surface area contributed by atoms with E-state index in [1.807, 2.05) is 5.43 Å². The van der Waals surface area contributed by atoms with Gasteiger partial charge in [-0.3, -0.25) is 20.4 Å². The Morgan fingerprint density at radius 2 is 2.50 bits per heavy atom. The van der Waals surface area contributed by atoms with Crippen LogP contribution in [0.25, 0.3) is 0 Å². The molecule has 6 nitrogen and oxygen atoms in total. The van der Waals surface area contributed by atoms with Crippen molar-refractivity contribution < 1.29 is 14.0 Å². The second kappa shape index (κ2) is 3.51. The fraction of sp³-hybridized carbons (Fsp3) is 0.167. The van der Waals surface area contributed by atoms with Crippen LogP contribution in [0.1, 0.15) is 16.2 Å². The zero-order chi connectivity index (χ0) is 8.97. The van der Waals surface area contributed by atoms with Gasteiger partial charge in [-0.15, -0.1) is 0 Å². The molecule has 1 heterocycles. The normalized spacial score (nSPS) is 9.08. The minimum Gasteiger partial charge on any atom is -0.438 e. The van der Waals surface area contributed by atoms with E-state index < -0.39 is 5.91 Å². The van der Waals surface area contributed by atoms with Crippen LogP contribution >= 0.6 is 0 Å². The molecule has 64 valence electrons. The first-order chi connectivity index (χ1) is 5.75. The van der Waals surface area contributed by atoms with Crippen molar-refractivity contribution in [3.63, 3.8) is 0 Å². The summed E-state index contributed by atoms with van der Waals surface area (Å²) in [5.74, 6) is -0.443. The molecule has 0 spiro atoms. The lowest BCUT2D eigenvalue weighted by Gasteiger charge is -1.98. The minimum absolute atomic E-state index is 0.0874. The van der Waals surface area contributed by atoms with Crippen LogP contribution in [-0.2, 0) is 4.79 Å². The Kier molecular flexibility index (Phi) is 2.42. The highest BCUT2D eigenvalue weighted by molar-refractivity contribution is 5.92. The number of aryl methyl sites for hydroxylation is 1. The van der Waals surface area contributed by atoms with Crippen molar-refractivity contribution in [1.82, 2.24) is 15.8 Å². The maximum absolute atomic E-state index is 11.0. The molecule has 0 aliphatic carbocycles. The molecular weight excluding hydrogens is 162 g/mol. The number of hydrazine groups is 1. The smallest absolute Gasteiger partial charge is 0.307 e. The maximum Gasteiger partial charge on any atom is 0.307 e. The Morgan fingerprint density at radius 1 is 1.75 bits per heavy atom. The molecule has 1 rings (SSSR count). The molecule has 0 aromatic carbocycles. The molecule has 2 N–H and O–H groups in total. The summed E-state index contributed by atoms with van der Waals surface area (Å²) >= 11 is 0. The number of amides is 2. The van der Waals surface area contributed by atoms with Gasteiger partial charge in [0.15, 0.2) is 6.39 Å². The van der Waals surface area contributed by atoms with Crippen LogP contribution in [-0.4, -0.2) is 17.3 Å². The Labute approximate surface area is 67.9 Å². The van der Waals surface area contributed by atoms with E-state index in [1.165, 1.54) is 0 Å². The Bertz CT molecular complexity index is 294. The van der Waals surface area contributed by atoms with Crippen LogP contribution in [0.15, 0.2) is 10.8 Å². The van der Waals surface area contributed by atoms with E-state index in [4.69, 9.17) is 4.42 Å². The molecule has 0 saturated heterocycles. The van der Waals surface area contributed by atoms with E-state index in [1.54, 1.807) is 6.92 Å². The van der Waals surface area contributed by atoms with Crippen LogP contribution < -0.4 is 10.9 Å². The van der Waals surface area contributed by atoms with E-state index in [2.05, 4.69) is 10.4 Å². The summed E-state index contributed by atoms with van der Waals surface area (Å²) < 4.78 is 4.74. The average Bonchev–Trinajstić information content (AvgIpc) is 2.47. The summed E-state index contributed by atoms with van der Waals surface area (Å²) in [4.78, 5) is 24.5. The highest BCUT2D eigenvalue weighted by Crippen LogP contribution is 2.03. The molecule has 1 aromatic rings. The van der Waals surface area contributed by atoms with Crippen LogP contribution in [0.2, 0.25) is 0 Å². The molecule has 0 aliphatic heterocycles. The Morgan fingerprint density at radius 3 is 3.00 bits per heavy atom. The summed E-state index contributed by atoms with van der Waals surface area (Å²) in [7, 11) is 0. The largest absolute Gasteiger partial charge is 0.438 e. The number of rotatable bonds is 3. The van der Waals surface area contributed by atoms with E-state index in [0.717, 1.165) is 6.39 Å². The molecule has 0 bridgehead atoms. The quantitative estimate of drug-likeness (QED) is 0.466. The van der Waals surface area contributed by atoms with Gasteiger partial charge in [0.2, 0.25) is 12.2 Å². The molecule has 12 heavy (non-hydrogen) atoms. The van der Waals surface area contributed by atoms with Crippen molar-refractivity contribution in [2.75, 3.05) is 0 Å². The number of nitrogens with zero attached hydrogens (tertiary/aromatic N) is 1. The second-order valence-electron chi connectivity index (χ2n) is 1.98. The lowest BCUT2D eigenvalue weighted by atomic mass is 10.3. The van der Waals surface area contributed by atoms with E-state index in [9.17, 15) is 9.59 Å². The zero-order valence-electron chi connectivity index (χ0n) is 6.33. The van der Waals surface area contributed by atoms with Crippen LogP contribution in [0.3, 0.4) is 0 Å². The van der Waals surface area contributed by atoms with Gasteiger partial charge in [0.1, 0.15) is 0 Å². The van der Waals surface area contributed by atoms with Gasteiger partial charge in [-0.25, -0.2) is 4.98 Å². The van der Waals surface area contributed by atoms with Crippen molar-refractivity contribution in [2.24, 2.45) is 0 Å². The topological polar surface area (TPSA) is 84.2 Å². The van der Waals surface area contributed by atoms with Crippen molar-refractivity contribution in [3.05, 3.63) is 17.8 Å². The number of hydrogen-bond donors (Lipinski definition) is 2. The first-order valence-corrected chi connectivity index (χ1v) is 3.15. The van der Waals surface area contributed by atoms with Crippen molar-refractivity contribution >= 4 is 12.3 Å². The number of oxazole rings is 1. The first-order valence-electron chi connectivity index (χ1n) is 3.15. The molecule has 0 aliphatic rings. The predicted octanol–water partition coefficient (Wildman–Crippen LogP) is -0.626. The monoisotopic (exact) mass is 169 g/mol. The predicted molar refractivity (Wildman–Crippen MR) is 37.9 cm³/mol. The van der Waals surface area contributed by atoms with Crippen LogP contribution in [0.5, 0.6) is 0 Å². The molecule has 6 heteroatoms. The highest BCUT2D eigenvalue weighted by atomic mass is 16.3. The van der Waals surface area contributed by atoms with Crippen molar-refractivity contribution in [3.8, 4) is 0 Å². The number of nitrogens with one attached hydrogen (secondary N) is 2. The summed E-state index contributed by atoms with van der Waals surface area (Å²) in [6.45, 7) is 1.62. The van der Waals surface area contributed by atoms with E-state index in [0.29, 0.717) is 12.1 Å². The standard InChI is InChI=1S/C6H7N3O3/c1-4-5(12-3-7-4)6(11)9-8-2-10/h2-3H,1H3,(H,8,10)(H,9,11).